The number of ether oxygens (including phenoxy) is 1. The number of Topliss-reactive ketones (excluding diaryl/α,β-unsaturated/α-hetero) is 1. The van der Waals surface area contributed by atoms with Gasteiger partial charge in [0, 0.05) is 30.0 Å². The van der Waals surface area contributed by atoms with Crippen LogP contribution in [0.15, 0.2) is 43.0 Å². The van der Waals surface area contributed by atoms with Crippen molar-refractivity contribution in [2.75, 3.05) is 20.2 Å². The Morgan fingerprint density at radius 3 is 2.32 bits per heavy atom. The molecule has 1 saturated heterocycles. The summed E-state index contributed by atoms with van der Waals surface area (Å²) >= 11 is 0. The van der Waals surface area contributed by atoms with Crippen LogP contribution in [0.5, 0.6) is 5.75 Å². The average molecular weight is 423 g/mol. The molecule has 8 nitrogen and oxygen atoms in total. The van der Waals surface area contributed by atoms with E-state index in [0.29, 0.717) is 17.0 Å². The van der Waals surface area contributed by atoms with Crippen LogP contribution in [0.4, 0.5) is 4.79 Å². The molecule has 0 atom stereocenters. The maximum atomic E-state index is 12.9. The van der Waals surface area contributed by atoms with Gasteiger partial charge >= 0.3 is 17.8 Å². The molecule has 1 aliphatic rings. The van der Waals surface area contributed by atoms with Gasteiger partial charge in [-0.2, -0.15) is 0 Å². The fourth-order valence-corrected chi connectivity index (χ4v) is 3.67. The molecule has 3 rings (SSSR count). The second kappa shape index (κ2) is 8.99. The topological polar surface area (TPSA) is 88.9 Å². The van der Waals surface area contributed by atoms with Gasteiger partial charge in [0.1, 0.15) is 5.75 Å². The van der Waals surface area contributed by atoms with Crippen LogP contribution in [0.25, 0.3) is 0 Å². The third kappa shape index (κ3) is 4.28. The molecular weight excluding hydrogens is 398 g/mol. The van der Waals surface area contributed by atoms with Gasteiger partial charge in [0.15, 0.2) is 5.78 Å². The SMILES string of the molecule is C=CCN1C(=O)C(=O)N(CC(=O)c2cc(C)n(CCc3ccc(OC)cc3)c2C)C1=O. The quantitative estimate of drug-likeness (QED) is 0.268. The van der Waals surface area contributed by atoms with Crippen LogP contribution in [-0.2, 0) is 22.6 Å². The molecule has 4 amide bonds. The molecule has 1 aliphatic heterocycles. The molecule has 2 aromatic rings. The van der Waals surface area contributed by atoms with E-state index in [1.807, 2.05) is 42.7 Å². The summed E-state index contributed by atoms with van der Waals surface area (Å²) in [6, 6.07) is 8.75. The Hall–Kier alpha value is -3.68. The number of rotatable bonds is 9. The Morgan fingerprint density at radius 2 is 1.71 bits per heavy atom. The van der Waals surface area contributed by atoms with Crippen molar-refractivity contribution in [3.63, 3.8) is 0 Å². The lowest BCUT2D eigenvalue weighted by molar-refractivity contribution is -0.142. The lowest BCUT2D eigenvalue weighted by Gasteiger charge is -2.14. The van der Waals surface area contributed by atoms with Crippen molar-refractivity contribution < 1.29 is 23.9 Å². The Labute approximate surface area is 180 Å². The van der Waals surface area contributed by atoms with Crippen LogP contribution in [-0.4, -0.2) is 58.2 Å². The van der Waals surface area contributed by atoms with E-state index < -0.39 is 30.2 Å². The van der Waals surface area contributed by atoms with Crippen LogP contribution in [0, 0.1) is 13.8 Å². The number of urea groups is 1. The van der Waals surface area contributed by atoms with E-state index in [1.165, 1.54) is 6.08 Å². The highest BCUT2D eigenvalue weighted by Crippen LogP contribution is 2.20. The standard InChI is InChI=1S/C23H25N3O5/c1-5-11-25-21(28)22(29)26(23(25)30)14-20(27)19-13-15(2)24(16(19)3)12-10-17-6-8-18(31-4)9-7-17/h5-9,13H,1,10-12,14H2,2-4H3. The first-order valence-electron chi connectivity index (χ1n) is 9.89. The zero-order chi connectivity index (χ0) is 22.7. The zero-order valence-corrected chi connectivity index (χ0v) is 17.9. The molecule has 0 spiro atoms. The Balaban J connectivity index is 1.72. The van der Waals surface area contributed by atoms with Gasteiger partial charge in [0.2, 0.25) is 0 Å². The van der Waals surface area contributed by atoms with Crippen LogP contribution in [0.2, 0.25) is 0 Å². The Bertz CT molecular complexity index is 1050. The number of aryl methyl sites for hydroxylation is 2. The highest BCUT2D eigenvalue weighted by atomic mass is 16.5. The van der Waals surface area contributed by atoms with E-state index >= 15 is 0 Å². The van der Waals surface area contributed by atoms with Crippen LogP contribution >= 0.6 is 0 Å². The van der Waals surface area contributed by atoms with Gasteiger partial charge in [-0.1, -0.05) is 18.2 Å². The summed E-state index contributed by atoms with van der Waals surface area (Å²) in [5.74, 6) is -1.53. The summed E-state index contributed by atoms with van der Waals surface area (Å²) < 4.78 is 7.20. The van der Waals surface area contributed by atoms with Crippen molar-refractivity contribution in [3.8, 4) is 5.75 Å². The number of carbonyl (C=O) groups is 4. The first-order chi connectivity index (χ1) is 14.8. The van der Waals surface area contributed by atoms with Gasteiger partial charge in [-0.15, -0.1) is 6.58 Å². The maximum Gasteiger partial charge on any atom is 0.334 e. The van der Waals surface area contributed by atoms with Crippen molar-refractivity contribution >= 4 is 23.6 Å². The summed E-state index contributed by atoms with van der Waals surface area (Å²) in [5, 5.41) is 0. The number of nitrogens with zero attached hydrogens (tertiary/aromatic N) is 3. The lowest BCUT2D eigenvalue weighted by Crippen LogP contribution is -2.37. The number of aromatic nitrogens is 1. The van der Waals surface area contributed by atoms with E-state index in [0.717, 1.165) is 34.0 Å². The van der Waals surface area contributed by atoms with Crippen molar-refractivity contribution in [1.82, 2.24) is 14.4 Å². The number of hydrogen-bond donors (Lipinski definition) is 0. The molecule has 1 fully saturated rings. The smallest absolute Gasteiger partial charge is 0.334 e. The van der Waals surface area contributed by atoms with Gasteiger partial charge in [-0.3, -0.25) is 19.3 Å². The number of hydrogen-bond acceptors (Lipinski definition) is 5. The predicted molar refractivity (Wildman–Crippen MR) is 114 cm³/mol. The maximum absolute atomic E-state index is 12.9. The highest BCUT2D eigenvalue weighted by Gasteiger charge is 2.44. The Kier molecular flexibility index (Phi) is 6.39. The predicted octanol–water partition coefficient (Wildman–Crippen LogP) is 2.52. The normalized spacial score (nSPS) is 13.8. The number of methoxy groups -OCH3 is 1. The Morgan fingerprint density at radius 1 is 1.06 bits per heavy atom. The van der Waals surface area contributed by atoms with Crippen molar-refractivity contribution in [2.24, 2.45) is 0 Å². The minimum Gasteiger partial charge on any atom is -0.497 e. The molecule has 0 N–H and O–H groups in total. The summed E-state index contributed by atoms with van der Waals surface area (Å²) in [6.45, 7) is 7.33. The van der Waals surface area contributed by atoms with E-state index in [9.17, 15) is 19.2 Å². The fourth-order valence-electron chi connectivity index (χ4n) is 3.67. The molecular formula is C23H25N3O5. The lowest BCUT2D eigenvalue weighted by atomic mass is 10.1. The fraction of sp³-hybridized carbons (Fsp3) is 0.304. The summed E-state index contributed by atoms with van der Waals surface area (Å²) in [4.78, 5) is 50.8. The molecule has 0 unspecified atom stereocenters. The van der Waals surface area contributed by atoms with Crippen molar-refractivity contribution in [3.05, 3.63) is 65.5 Å². The second-order valence-corrected chi connectivity index (χ2v) is 7.34. The minimum atomic E-state index is -0.992. The zero-order valence-electron chi connectivity index (χ0n) is 17.9. The molecule has 1 aromatic carbocycles. The largest absolute Gasteiger partial charge is 0.497 e. The van der Waals surface area contributed by atoms with Crippen molar-refractivity contribution in [1.29, 1.82) is 0 Å². The van der Waals surface area contributed by atoms with Crippen LogP contribution in [0.1, 0.15) is 27.3 Å². The molecule has 0 bridgehead atoms. The van der Waals surface area contributed by atoms with Gasteiger partial charge in [0.25, 0.3) is 0 Å². The van der Waals surface area contributed by atoms with Crippen LogP contribution < -0.4 is 4.74 Å². The molecule has 0 radical (unpaired) electrons. The summed E-state index contributed by atoms with van der Waals surface area (Å²) in [7, 11) is 1.62. The average Bonchev–Trinajstić information content (AvgIpc) is 3.15. The highest BCUT2D eigenvalue weighted by molar-refractivity contribution is 6.45. The van der Waals surface area contributed by atoms with Crippen molar-refractivity contribution in [2.45, 2.75) is 26.8 Å². The minimum absolute atomic E-state index is 0.0754. The van der Waals surface area contributed by atoms with E-state index in [2.05, 4.69) is 6.58 Å². The van der Waals surface area contributed by atoms with Gasteiger partial charge < -0.3 is 9.30 Å². The number of ketones is 1. The van der Waals surface area contributed by atoms with Crippen LogP contribution in [0.3, 0.4) is 0 Å². The first-order valence-corrected chi connectivity index (χ1v) is 9.89. The molecule has 31 heavy (non-hydrogen) atoms. The van der Waals surface area contributed by atoms with E-state index in [-0.39, 0.29) is 6.54 Å². The third-order valence-corrected chi connectivity index (χ3v) is 5.41. The summed E-state index contributed by atoms with van der Waals surface area (Å²) in [5.41, 5.74) is 3.22. The first kappa shape index (κ1) is 22.0. The van der Waals surface area contributed by atoms with Gasteiger partial charge in [0.05, 0.1) is 13.7 Å². The number of imide groups is 2. The number of benzene rings is 1. The molecule has 8 heteroatoms. The molecule has 162 valence electrons. The van der Waals surface area contributed by atoms with Gasteiger partial charge in [-0.05, 0) is 44.0 Å². The molecule has 0 saturated carbocycles. The van der Waals surface area contributed by atoms with E-state index in [1.54, 1.807) is 13.2 Å². The number of carbonyl (C=O) groups excluding carboxylic acids is 4. The monoisotopic (exact) mass is 423 g/mol. The molecule has 2 heterocycles. The third-order valence-electron chi connectivity index (χ3n) is 5.41. The molecule has 1 aromatic heterocycles. The second-order valence-electron chi connectivity index (χ2n) is 7.34. The van der Waals surface area contributed by atoms with E-state index in [4.69, 9.17) is 4.74 Å². The molecule has 0 aliphatic carbocycles. The summed E-state index contributed by atoms with van der Waals surface area (Å²) in [6.07, 6.45) is 2.12. The number of amides is 4. The van der Waals surface area contributed by atoms with Gasteiger partial charge in [-0.25, -0.2) is 9.69 Å².